The Hall–Kier alpha value is -1.06. The van der Waals surface area contributed by atoms with Crippen molar-refractivity contribution in [2.45, 2.75) is 304 Å². The van der Waals surface area contributed by atoms with Gasteiger partial charge >= 0.3 is 11.9 Å². The third-order valence-electron chi connectivity index (χ3n) is 12.1. The van der Waals surface area contributed by atoms with Crippen molar-refractivity contribution < 1.29 is 19.1 Å². The number of unbranched alkanes of at least 4 members (excludes halogenated alkanes) is 36. The van der Waals surface area contributed by atoms with E-state index in [9.17, 15) is 9.59 Å². The van der Waals surface area contributed by atoms with E-state index in [4.69, 9.17) is 9.47 Å². The fraction of sp³-hybridized carbons (Fsp3) is 0.962. The first-order valence-corrected chi connectivity index (χ1v) is 26.2. The molecule has 57 heavy (non-hydrogen) atoms. The number of esters is 2. The normalized spacial score (nSPS) is 11.6. The van der Waals surface area contributed by atoms with Crippen molar-refractivity contribution in [3.63, 3.8) is 0 Å². The molecule has 0 saturated heterocycles. The van der Waals surface area contributed by atoms with E-state index in [1.165, 1.54) is 218 Å². The monoisotopic (exact) mass is 805 g/mol. The minimum Gasteiger partial charge on any atom is -0.466 e. The van der Waals surface area contributed by atoms with Crippen LogP contribution in [0.15, 0.2) is 0 Å². The second kappa shape index (κ2) is 47.6. The molecule has 0 aliphatic heterocycles. The number of ether oxygens (including phenoxy) is 2. The molecule has 0 radical (unpaired) electrons. The van der Waals surface area contributed by atoms with Gasteiger partial charge < -0.3 is 9.47 Å². The van der Waals surface area contributed by atoms with E-state index in [2.05, 4.69) is 27.7 Å². The Bertz CT molecular complexity index is 728. The lowest BCUT2D eigenvalue weighted by atomic mass is 10.0. The smallest absolute Gasteiger partial charge is 0.305 e. The third-order valence-corrected chi connectivity index (χ3v) is 12.1. The molecule has 0 aliphatic carbocycles. The van der Waals surface area contributed by atoms with Gasteiger partial charge in [0.2, 0.25) is 0 Å². The molecule has 0 heterocycles. The Balaban J connectivity index is 3.24. The number of carbonyl (C=O) groups is 2. The van der Waals surface area contributed by atoms with Gasteiger partial charge in [-0.05, 0) is 37.5 Å². The van der Waals surface area contributed by atoms with Crippen LogP contribution in [0, 0.1) is 11.8 Å². The highest BCUT2D eigenvalue weighted by atomic mass is 16.5. The molecule has 4 heteroatoms. The predicted molar refractivity (Wildman–Crippen MR) is 250 cm³/mol. The summed E-state index contributed by atoms with van der Waals surface area (Å²) in [6.45, 7) is 10.5. The molecule has 0 spiro atoms. The van der Waals surface area contributed by atoms with E-state index in [0.717, 1.165) is 56.8 Å². The zero-order chi connectivity index (χ0) is 41.5. The van der Waals surface area contributed by atoms with Gasteiger partial charge in [0.05, 0.1) is 13.2 Å². The topological polar surface area (TPSA) is 52.6 Å². The summed E-state index contributed by atoms with van der Waals surface area (Å²) in [5.74, 6) is 1.66. The average Bonchev–Trinajstić information content (AvgIpc) is 3.18. The number of rotatable bonds is 48. The van der Waals surface area contributed by atoms with Gasteiger partial charge in [0, 0.05) is 12.8 Å². The van der Waals surface area contributed by atoms with Crippen LogP contribution in [-0.2, 0) is 19.1 Å². The van der Waals surface area contributed by atoms with Gasteiger partial charge in [0.1, 0.15) is 0 Å². The minimum atomic E-state index is -0.0414. The van der Waals surface area contributed by atoms with Gasteiger partial charge in [0.25, 0.3) is 0 Å². The summed E-state index contributed by atoms with van der Waals surface area (Å²) >= 11 is 0. The van der Waals surface area contributed by atoms with E-state index in [1.54, 1.807) is 0 Å². The van der Waals surface area contributed by atoms with Gasteiger partial charge in [-0.2, -0.15) is 0 Å². The van der Waals surface area contributed by atoms with Crippen LogP contribution < -0.4 is 0 Å². The van der Waals surface area contributed by atoms with Crippen LogP contribution in [0.1, 0.15) is 304 Å². The molecule has 0 fully saturated rings. The van der Waals surface area contributed by atoms with Crippen LogP contribution in [0.2, 0.25) is 0 Å². The highest BCUT2D eigenvalue weighted by Crippen LogP contribution is 2.18. The van der Waals surface area contributed by atoms with E-state index in [0.29, 0.717) is 26.1 Å². The first-order chi connectivity index (χ1) is 27.9. The van der Waals surface area contributed by atoms with Gasteiger partial charge in [-0.15, -0.1) is 0 Å². The van der Waals surface area contributed by atoms with Crippen molar-refractivity contribution >= 4 is 11.9 Å². The maximum atomic E-state index is 12.1. The highest BCUT2D eigenvalue weighted by molar-refractivity contribution is 5.69. The van der Waals surface area contributed by atoms with E-state index in [1.807, 2.05) is 0 Å². The summed E-state index contributed by atoms with van der Waals surface area (Å²) in [6.07, 6.45) is 55.3. The van der Waals surface area contributed by atoms with Crippen LogP contribution >= 0.6 is 0 Å². The van der Waals surface area contributed by atoms with Crippen molar-refractivity contribution in [2.24, 2.45) is 11.8 Å². The summed E-state index contributed by atoms with van der Waals surface area (Å²) in [7, 11) is 0. The largest absolute Gasteiger partial charge is 0.466 e. The SMILES string of the molecule is CC(C)CCCCCCCCCCCCCCCCCCCOC(=O)CCCCCCCC(=O)OCCCCCCCCCCCCCCCCCCCC(C)C. The molecule has 0 aromatic carbocycles. The van der Waals surface area contributed by atoms with Crippen LogP contribution in [-0.4, -0.2) is 25.2 Å². The maximum absolute atomic E-state index is 12.1. The van der Waals surface area contributed by atoms with Crippen molar-refractivity contribution in [3.05, 3.63) is 0 Å². The standard InChI is InChI=1S/C53H104O4/c1-50(2)44-38-32-27-23-19-15-11-7-5-9-13-17-21-25-29-36-42-48-56-52(54)46-40-34-31-35-41-47-53(55)57-49-43-37-30-26-22-18-14-10-6-8-12-16-20-24-28-33-39-45-51(3)4/h50-51H,5-49H2,1-4H3. The van der Waals surface area contributed by atoms with Crippen molar-refractivity contribution in [2.75, 3.05) is 13.2 Å². The second-order valence-corrected chi connectivity index (χ2v) is 19.1. The Morgan fingerprint density at radius 1 is 0.263 bits per heavy atom. The first-order valence-electron chi connectivity index (χ1n) is 26.2. The third kappa shape index (κ3) is 51.0. The number of hydrogen-bond donors (Lipinski definition) is 0. The fourth-order valence-corrected chi connectivity index (χ4v) is 8.20. The molecule has 0 saturated carbocycles. The molecule has 0 unspecified atom stereocenters. The van der Waals surface area contributed by atoms with Crippen molar-refractivity contribution in [1.29, 1.82) is 0 Å². The first kappa shape index (κ1) is 55.9. The molecule has 0 atom stereocenters. The molecule has 4 nitrogen and oxygen atoms in total. The Labute approximate surface area is 358 Å². The Morgan fingerprint density at radius 2 is 0.439 bits per heavy atom. The molecule has 0 amide bonds. The van der Waals surface area contributed by atoms with Crippen LogP contribution in [0.4, 0.5) is 0 Å². The van der Waals surface area contributed by atoms with Crippen molar-refractivity contribution in [1.82, 2.24) is 0 Å². The summed E-state index contributed by atoms with van der Waals surface area (Å²) in [4.78, 5) is 24.1. The lowest BCUT2D eigenvalue weighted by molar-refractivity contribution is -0.144. The summed E-state index contributed by atoms with van der Waals surface area (Å²) in [5.41, 5.74) is 0. The van der Waals surface area contributed by atoms with Crippen LogP contribution in [0.25, 0.3) is 0 Å². The molecule has 0 aromatic rings. The molecule has 340 valence electrons. The summed E-state index contributed by atoms with van der Waals surface area (Å²) in [6, 6.07) is 0. The van der Waals surface area contributed by atoms with Crippen LogP contribution in [0.5, 0.6) is 0 Å². The van der Waals surface area contributed by atoms with E-state index < -0.39 is 0 Å². The summed E-state index contributed by atoms with van der Waals surface area (Å²) in [5, 5.41) is 0. The number of carbonyl (C=O) groups excluding carboxylic acids is 2. The average molecular weight is 805 g/mol. The second-order valence-electron chi connectivity index (χ2n) is 19.1. The molecule has 0 N–H and O–H groups in total. The zero-order valence-corrected chi connectivity index (χ0v) is 39.6. The van der Waals surface area contributed by atoms with Crippen LogP contribution in [0.3, 0.4) is 0 Å². The van der Waals surface area contributed by atoms with Gasteiger partial charge in [-0.1, -0.05) is 265 Å². The minimum absolute atomic E-state index is 0.0414. The molecular weight excluding hydrogens is 701 g/mol. The van der Waals surface area contributed by atoms with Crippen molar-refractivity contribution in [3.8, 4) is 0 Å². The highest BCUT2D eigenvalue weighted by Gasteiger charge is 2.05. The Kier molecular flexibility index (Phi) is 46.7. The maximum Gasteiger partial charge on any atom is 0.305 e. The van der Waals surface area contributed by atoms with Gasteiger partial charge in [-0.3, -0.25) is 9.59 Å². The fourth-order valence-electron chi connectivity index (χ4n) is 8.20. The Morgan fingerprint density at radius 3 is 0.649 bits per heavy atom. The molecular formula is C53H104O4. The number of hydrogen-bond acceptors (Lipinski definition) is 4. The lowest BCUT2D eigenvalue weighted by Gasteiger charge is -2.06. The summed E-state index contributed by atoms with van der Waals surface area (Å²) < 4.78 is 10.9. The van der Waals surface area contributed by atoms with Gasteiger partial charge in [0.15, 0.2) is 0 Å². The zero-order valence-electron chi connectivity index (χ0n) is 39.6. The molecule has 0 bridgehead atoms. The predicted octanol–water partition coefficient (Wildman–Crippen LogP) is 18.2. The van der Waals surface area contributed by atoms with E-state index in [-0.39, 0.29) is 11.9 Å². The lowest BCUT2D eigenvalue weighted by Crippen LogP contribution is -2.06. The van der Waals surface area contributed by atoms with E-state index >= 15 is 0 Å². The van der Waals surface area contributed by atoms with Gasteiger partial charge in [-0.25, -0.2) is 0 Å². The molecule has 0 rings (SSSR count). The quantitative estimate of drug-likeness (QED) is 0.0454. The molecule has 0 aliphatic rings. The molecule has 0 aromatic heterocycles.